The topological polar surface area (TPSA) is 99.7 Å². The number of benzene rings is 2. The Kier molecular flexibility index (Phi) is 6.24. The summed E-state index contributed by atoms with van der Waals surface area (Å²) in [5.74, 6) is 0.323. The summed E-state index contributed by atoms with van der Waals surface area (Å²) in [6.07, 6.45) is 0. The first-order valence-electron chi connectivity index (χ1n) is 10.3. The Morgan fingerprint density at radius 2 is 1.90 bits per heavy atom. The van der Waals surface area contributed by atoms with Gasteiger partial charge in [0.2, 0.25) is 0 Å². The van der Waals surface area contributed by atoms with Gasteiger partial charge in [0.05, 0.1) is 41.3 Å². The van der Waals surface area contributed by atoms with Gasteiger partial charge in [-0.3, -0.25) is 15.0 Å². The summed E-state index contributed by atoms with van der Waals surface area (Å²) < 4.78 is 12.6. The zero-order chi connectivity index (χ0) is 21.8. The van der Waals surface area contributed by atoms with E-state index in [1.165, 1.54) is 12.1 Å². The molecule has 0 bridgehead atoms. The predicted octanol–water partition coefficient (Wildman–Crippen LogP) is 3.12. The Balaban J connectivity index is 1.71. The minimum atomic E-state index is -0.420. The van der Waals surface area contributed by atoms with Crippen molar-refractivity contribution >= 4 is 22.7 Å². The van der Waals surface area contributed by atoms with Crippen molar-refractivity contribution in [2.24, 2.45) is 0 Å². The maximum absolute atomic E-state index is 12.1. The average molecular weight is 424 g/mol. The molecule has 9 heteroatoms. The van der Waals surface area contributed by atoms with Crippen LogP contribution in [-0.4, -0.2) is 64.8 Å². The van der Waals surface area contributed by atoms with E-state index < -0.39 is 4.92 Å². The third-order valence-electron chi connectivity index (χ3n) is 5.34. The number of imidazole rings is 1. The van der Waals surface area contributed by atoms with E-state index in [4.69, 9.17) is 14.5 Å². The third-order valence-corrected chi connectivity index (χ3v) is 5.34. The number of carbonyl (C=O) groups excluding carboxylic acids is 1. The van der Waals surface area contributed by atoms with E-state index in [-0.39, 0.29) is 11.7 Å². The normalized spacial score (nSPS) is 14.6. The molecule has 0 aliphatic carbocycles. The quantitative estimate of drug-likeness (QED) is 0.326. The van der Waals surface area contributed by atoms with Crippen molar-refractivity contribution in [1.29, 1.82) is 0 Å². The zero-order valence-corrected chi connectivity index (χ0v) is 17.3. The molecule has 2 aromatic carbocycles. The molecule has 0 atom stereocenters. The zero-order valence-electron chi connectivity index (χ0n) is 17.3. The van der Waals surface area contributed by atoms with Crippen LogP contribution < -0.4 is 0 Å². The lowest BCUT2D eigenvalue weighted by atomic mass is 10.2. The molecule has 1 fully saturated rings. The number of nitro benzene ring substituents is 1. The SMILES string of the molecule is CCOC(=O)c1ccc2c(c1)nc(-c1ccc([N+](=O)[O-])cc1)n2CCN1CCOCC1. The molecule has 0 radical (unpaired) electrons. The van der Waals surface area contributed by atoms with Crippen molar-refractivity contribution in [3.63, 3.8) is 0 Å². The highest BCUT2D eigenvalue weighted by molar-refractivity contribution is 5.94. The second-order valence-electron chi connectivity index (χ2n) is 7.27. The highest BCUT2D eigenvalue weighted by Crippen LogP contribution is 2.27. The van der Waals surface area contributed by atoms with E-state index in [2.05, 4.69) is 9.47 Å². The van der Waals surface area contributed by atoms with E-state index >= 15 is 0 Å². The number of carbonyl (C=O) groups is 1. The molecule has 1 aliphatic heterocycles. The first kappa shape index (κ1) is 21.0. The van der Waals surface area contributed by atoms with E-state index in [1.807, 2.05) is 6.07 Å². The maximum atomic E-state index is 12.1. The van der Waals surface area contributed by atoms with Gasteiger partial charge >= 0.3 is 5.97 Å². The first-order valence-corrected chi connectivity index (χ1v) is 10.3. The lowest BCUT2D eigenvalue weighted by Gasteiger charge is -2.27. The Bertz CT molecular complexity index is 1090. The Hall–Kier alpha value is -3.30. The lowest BCUT2D eigenvalue weighted by Crippen LogP contribution is -2.38. The van der Waals surface area contributed by atoms with Gasteiger partial charge in [-0.05, 0) is 37.3 Å². The van der Waals surface area contributed by atoms with Gasteiger partial charge in [0.15, 0.2) is 0 Å². The van der Waals surface area contributed by atoms with Gasteiger partial charge in [0, 0.05) is 43.9 Å². The number of ether oxygens (including phenoxy) is 2. The second kappa shape index (κ2) is 9.23. The summed E-state index contributed by atoms with van der Waals surface area (Å²) >= 11 is 0. The molecule has 31 heavy (non-hydrogen) atoms. The summed E-state index contributed by atoms with van der Waals surface area (Å²) in [5.41, 5.74) is 2.84. The standard InChI is InChI=1S/C22H24N4O5/c1-2-31-22(27)17-5-8-20-19(15-17)23-21(16-3-6-18(7-4-16)26(28)29)25(20)10-9-24-11-13-30-14-12-24/h3-8,15H,2,9-14H2,1H3. The fourth-order valence-electron chi connectivity index (χ4n) is 3.72. The van der Waals surface area contributed by atoms with Crippen molar-refractivity contribution < 1.29 is 19.2 Å². The molecule has 1 aliphatic rings. The van der Waals surface area contributed by atoms with Gasteiger partial charge in [0.1, 0.15) is 5.82 Å². The number of non-ortho nitro benzene ring substituents is 1. The summed E-state index contributed by atoms with van der Waals surface area (Å²) in [6.45, 7) is 6.81. The number of rotatable bonds is 7. The fraction of sp³-hybridized carbons (Fsp3) is 0.364. The van der Waals surface area contributed by atoms with Crippen LogP contribution in [0.2, 0.25) is 0 Å². The molecular formula is C22H24N4O5. The first-order chi connectivity index (χ1) is 15.1. The fourth-order valence-corrected chi connectivity index (χ4v) is 3.72. The average Bonchev–Trinajstić information content (AvgIpc) is 3.16. The van der Waals surface area contributed by atoms with Crippen LogP contribution in [0.5, 0.6) is 0 Å². The van der Waals surface area contributed by atoms with Gasteiger partial charge < -0.3 is 14.0 Å². The monoisotopic (exact) mass is 424 g/mol. The van der Waals surface area contributed by atoms with Crippen molar-refractivity contribution in [2.45, 2.75) is 13.5 Å². The Labute approximate surface area is 179 Å². The van der Waals surface area contributed by atoms with Gasteiger partial charge in [-0.1, -0.05) is 0 Å². The van der Waals surface area contributed by atoms with Crippen LogP contribution in [0.4, 0.5) is 5.69 Å². The van der Waals surface area contributed by atoms with Crippen molar-refractivity contribution in [1.82, 2.24) is 14.5 Å². The van der Waals surface area contributed by atoms with Crippen LogP contribution >= 0.6 is 0 Å². The molecule has 0 saturated carbocycles. The summed E-state index contributed by atoms with van der Waals surface area (Å²) in [6, 6.07) is 11.7. The smallest absolute Gasteiger partial charge is 0.338 e. The third kappa shape index (κ3) is 4.57. The highest BCUT2D eigenvalue weighted by Gasteiger charge is 2.18. The van der Waals surface area contributed by atoms with Crippen LogP contribution in [0.25, 0.3) is 22.4 Å². The number of nitrogens with zero attached hydrogens (tertiary/aromatic N) is 4. The Morgan fingerprint density at radius 3 is 2.58 bits per heavy atom. The van der Waals surface area contributed by atoms with E-state index in [9.17, 15) is 14.9 Å². The summed E-state index contributed by atoms with van der Waals surface area (Å²) in [7, 11) is 0. The molecule has 1 saturated heterocycles. The number of nitro groups is 1. The molecule has 0 unspecified atom stereocenters. The molecule has 1 aromatic heterocycles. The van der Waals surface area contributed by atoms with E-state index in [0.29, 0.717) is 30.1 Å². The summed E-state index contributed by atoms with van der Waals surface area (Å²) in [4.78, 5) is 29.8. The highest BCUT2D eigenvalue weighted by atomic mass is 16.6. The van der Waals surface area contributed by atoms with Crippen LogP contribution in [0.1, 0.15) is 17.3 Å². The molecule has 2 heterocycles. The lowest BCUT2D eigenvalue weighted by molar-refractivity contribution is -0.384. The number of morpholine rings is 1. The number of fused-ring (bicyclic) bond motifs is 1. The maximum Gasteiger partial charge on any atom is 0.338 e. The number of esters is 1. The van der Waals surface area contributed by atoms with Crippen LogP contribution in [-0.2, 0) is 16.0 Å². The number of hydrogen-bond acceptors (Lipinski definition) is 7. The molecule has 0 spiro atoms. The molecule has 162 valence electrons. The van der Waals surface area contributed by atoms with Crippen molar-refractivity contribution in [2.75, 3.05) is 39.5 Å². The molecular weight excluding hydrogens is 400 g/mol. The number of aromatic nitrogens is 2. The largest absolute Gasteiger partial charge is 0.462 e. The van der Waals surface area contributed by atoms with Crippen molar-refractivity contribution in [3.05, 3.63) is 58.1 Å². The molecule has 0 N–H and O–H groups in total. The summed E-state index contributed by atoms with van der Waals surface area (Å²) in [5, 5.41) is 11.0. The van der Waals surface area contributed by atoms with Crippen LogP contribution in [0.3, 0.4) is 0 Å². The van der Waals surface area contributed by atoms with Crippen LogP contribution in [0.15, 0.2) is 42.5 Å². The minimum Gasteiger partial charge on any atom is -0.462 e. The minimum absolute atomic E-state index is 0.0318. The predicted molar refractivity (Wildman–Crippen MR) is 115 cm³/mol. The molecule has 4 rings (SSSR count). The van der Waals surface area contributed by atoms with Crippen molar-refractivity contribution in [3.8, 4) is 11.4 Å². The Morgan fingerprint density at radius 1 is 1.16 bits per heavy atom. The van der Waals surface area contributed by atoms with Gasteiger partial charge in [0.25, 0.3) is 5.69 Å². The van der Waals surface area contributed by atoms with E-state index in [1.54, 1.807) is 31.2 Å². The molecule has 3 aromatic rings. The van der Waals surface area contributed by atoms with Crippen LogP contribution in [0, 0.1) is 10.1 Å². The number of hydrogen-bond donors (Lipinski definition) is 0. The van der Waals surface area contributed by atoms with Gasteiger partial charge in [-0.25, -0.2) is 9.78 Å². The van der Waals surface area contributed by atoms with Gasteiger partial charge in [-0.2, -0.15) is 0 Å². The second-order valence-corrected chi connectivity index (χ2v) is 7.27. The van der Waals surface area contributed by atoms with E-state index in [0.717, 1.165) is 43.9 Å². The molecule has 0 amide bonds. The molecule has 9 nitrogen and oxygen atoms in total. The van der Waals surface area contributed by atoms with Gasteiger partial charge in [-0.15, -0.1) is 0 Å².